The van der Waals surface area contributed by atoms with Crippen LogP contribution in [0.1, 0.15) is 34.1 Å². The first kappa shape index (κ1) is 17.5. The second kappa shape index (κ2) is 6.03. The predicted octanol–water partition coefficient (Wildman–Crippen LogP) is 3.23. The van der Waals surface area contributed by atoms with Gasteiger partial charge < -0.3 is 14.3 Å². The van der Waals surface area contributed by atoms with Crippen molar-refractivity contribution < 1.29 is 14.3 Å². The lowest BCUT2D eigenvalue weighted by molar-refractivity contribution is -0.153. The average Bonchev–Trinajstić information content (AvgIpc) is 2.25. The fourth-order valence-electron chi connectivity index (χ4n) is 1.95. The third-order valence-corrected chi connectivity index (χ3v) is 8.95. The van der Waals surface area contributed by atoms with Crippen LogP contribution in [-0.2, 0) is 9.16 Å². The third kappa shape index (κ3) is 4.20. The van der Waals surface area contributed by atoms with Crippen molar-refractivity contribution in [3.8, 4) is 0 Å². The second-order valence-corrected chi connectivity index (χ2v) is 12.1. The maximum Gasteiger partial charge on any atom is 0.192 e. The topological polar surface area (TPSA) is 87.5 Å². The van der Waals surface area contributed by atoms with Gasteiger partial charge in [0.25, 0.3) is 0 Å². The Morgan fingerprint density at radius 1 is 1.50 bits per heavy atom. The molecule has 20 heavy (non-hydrogen) atoms. The van der Waals surface area contributed by atoms with E-state index in [1.165, 1.54) is 0 Å². The van der Waals surface area contributed by atoms with Gasteiger partial charge in [0.1, 0.15) is 6.10 Å². The fourth-order valence-corrected chi connectivity index (χ4v) is 2.95. The molecule has 0 spiro atoms. The summed E-state index contributed by atoms with van der Waals surface area (Å²) in [7, 11) is -1.86. The van der Waals surface area contributed by atoms with Gasteiger partial charge in [-0.05, 0) is 37.0 Å². The molecule has 1 aliphatic heterocycles. The minimum absolute atomic E-state index is 0.126. The molecule has 116 valence electrons. The van der Waals surface area contributed by atoms with E-state index in [2.05, 4.69) is 43.9 Å². The van der Waals surface area contributed by atoms with Crippen LogP contribution in [0.3, 0.4) is 0 Å². The van der Waals surface area contributed by atoms with Crippen LogP contribution in [0.15, 0.2) is 5.11 Å². The van der Waals surface area contributed by atoms with E-state index in [-0.39, 0.29) is 17.2 Å². The molecule has 0 amide bonds. The van der Waals surface area contributed by atoms with E-state index in [1.807, 2.05) is 0 Å². The van der Waals surface area contributed by atoms with Gasteiger partial charge in [0.15, 0.2) is 8.32 Å². The number of azide groups is 1. The zero-order valence-electron chi connectivity index (χ0n) is 13.4. The molecule has 0 aromatic rings. The molecule has 0 aliphatic carbocycles. The number of hydrogen-bond acceptors (Lipinski definition) is 4. The Bertz CT molecular complexity index is 387. The minimum Gasteiger partial charge on any atom is -0.414 e. The summed E-state index contributed by atoms with van der Waals surface area (Å²) < 4.78 is 11.8. The molecule has 1 rings (SSSR count). The molecule has 0 saturated carbocycles. The largest absolute Gasteiger partial charge is 0.414 e. The first-order valence-corrected chi connectivity index (χ1v) is 9.92. The molecule has 0 aromatic heterocycles. The lowest BCUT2D eigenvalue weighted by atomic mass is 9.89. The van der Waals surface area contributed by atoms with Gasteiger partial charge in [-0.3, -0.25) is 0 Å². The van der Waals surface area contributed by atoms with Crippen LogP contribution < -0.4 is 0 Å². The van der Waals surface area contributed by atoms with E-state index < -0.39 is 13.9 Å². The summed E-state index contributed by atoms with van der Waals surface area (Å²) in [5.74, 6) is 0. The first-order chi connectivity index (χ1) is 8.99. The Kier molecular flexibility index (Phi) is 5.27. The van der Waals surface area contributed by atoms with Gasteiger partial charge in [0.2, 0.25) is 0 Å². The number of aliphatic hydroxyl groups is 1. The summed E-state index contributed by atoms with van der Waals surface area (Å²) in [6.07, 6.45) is 0.0320. The molecule has 2 unspecified atom stereocenters. The van der Waals surface area contributed by atoms with Crippen LogP contribution in [0.5, 0.6) is 0 Å². The molecule has 0 bridgehead atoms. The molecule has 3 atom stereocenters. The van der Waals surface area contributed by atoms with Gasteiger partial charge in [0, 0.05) is 4.91 Å². The SMILES string of the molecule is CC1(O)CC(N=[N+]=[N-])CO[C@@H]1CO[Si](C)(C)C(C)(C)C. The monoisotopic (exact) mass is 301 g/mol. The maximum absolute atomic E-state index is 10.5. The quantitative estimate of drug-likeness (QED) is 0.374. The average molecular weight is 301 g/mol. The van der Waals surface area contributed by atoms with Gasteiger partial charge in [-0.15, -0.1) is 0 Å². The Balaban J connectivity index is 2.64. The Morgan fingerprint density at radius 3 is 2.55 bits per heavy atom. The molecule has 0 aromatic carbocycles. The van der Waals surface area contributed by atoms with Crippen molar-refractivity contribution in [2.24, 2.45) is 5.11 Å². The van der Waals surface area contributed by atoms with Crippen molar-refractivity contribution >= 4 is 8.32 Å². The number of ether oxygens (including phenoxy) is 1. The van der Waals surface area contributed by atoms with Gasteiger partial charge in [-0.2, -0.15) is 0 Å². The molecule has 1 aliphatic rings. The van der Waals surface area contributed by atoms with Crippen LogP contribution in [0, 0.1) is 0 Å². The lowest BCUT2D eigenvalue weighted by Crippen LogP contribution is -2.54. The van der Waals surface area contributed by atoms with Crippen LogP contribution >= 0.6 is 0 Å². The summed E-state index contributed by atoms with van der Waals surface area (Å²) in [4.78, 5) is 2.78. The van der Waals surface area contributed by atoms with Crippen molar-refractivity contribution in [1.29, 1.82) is 0 Å². The van der Waals surface area contributed by atoms with Crippen molar-refractivity contribution in [2.75, 3.05) is 13.2 Å². The molecular weight excluding hydrogens is 274 g/mol. The highest BCUT2D eigenvalue weighted by Crippen LogP contribution is 2.37. The Morgan fingerprint density at radius 2 is 2.10 bits per heavy atom. The predicted molar refractivity (Wildman–Crippen MR) is 81.1 cm³/mol. The smallest absolute Gasteiger partial charge is 0.192 e. The van der Waals surface area contributed by atoms with Crippen molar-refractivity contribution in [3.63, 3.8) is 0 Å². The summed E-state index contributed by atoms with van der Waals surface area (Å²) >= 11 is 0. The van der Waals surface area contributed by atoms with Crippen LogP contribution in [0.25, 0.3) is 10.4 Å². The highest BCUT2D eigenvalue weighted by Gasteiger charge is 2.43. The summed E-state index contributed by atoms with van der Waals surface area (Å²) in [5.41, 5.74) is 7.43. The fraction of sp³-hybridized carbons (Fsp3) is 1.00. The van der Waals surface area contributed by atoms with E-state index >= 15 is 0 Å². The highest BCUT2D eigenvalue weighted by atomic mass is 28.4. The molecule has 1 fully saturated rings. The van der Waals surface area contributed by atoms with Gasteiger partial charge in [-0.25, -0.2) is 0 Å². The zero-order chi connectivity index (χ0) is 15.6. The number of rotatable bonds is 4. The second-order valence-electron chi connectivity index (χ2n) is 7.31. The minimum atomic E-state index is -1.86. The molecule has 1 heterocycles. The lowest BCUT2D eigenvalue weighted by Gasteiger charge is -2.42. The summed E-state index contributed by atoms with van der Waals surface area (Å²) in [6.45, 7) is 13.3. The van der Waals surface area contributed by atoms with Crippen LogP contribution in [0.2, 0.25) is 18.1 Å². The van der Waals surface area contributed by atoms with Crippen LogP contribution in [0.4, 0.5) is 0 Å². The van der Waals surface area contributed by atoms with E-state index in [9.17, 15) is 5.11 Å². The van der Waals surface area contributed by atoms with E-state index in [4.69, 9.17) is 14.7 Å². The molecular formula is C13H27N3O3Si. The summed E-state index contributed by atoms with van der Waals surface area (Å²) in [6, 6.07) is -0.306. The highest BCUT2D eigenvalue weighted by molar-refractivity contribution is 6.74. The zero-order valence-corrected chi connectivity index (χ0v) is 14.4. The number of nitrogens with zero attached hydrogens (tertiary/aromatic N) is 3. The van der Waals surface area contributed by atoms with Crippen molar-refractivity contribution in [1.82, 2.24) is 0 Å². The van der Waals surface area contributed by atoms with E-state index in [0.29, 0.717) is 19.6 Å². The molecule has 7 heteroatoms. The van der Waals surface area contributed by atoms with Gasteiger partial charge in [-0.1, -0.05) is 25.9 Å². The van der Waals surface area contributed by atoms with Crippen molar-refractivity contribution in [2.45, 2.75) is 70.0 Å². The molecule has 1 N–H and O–H groups in total. The van der Waals surface area contributed by atoms with Gasteiger partial charge in [0.05, 0.1) is 24.9 Å². The normalized spacial score (nSPS) is 31.8. The molecule has 0 radical (unpaired) electrons. The Labute approximate surface area is 122 Å². The number of hydrogen-bond donors (Lipinski definition) is 1. The molecule has 6 nitrogen and oxygen atoms in total. The van der Waals surface area contributed by atoms with Crippen molar-refractivity contribution in [3.05, 3.63) is 10.4 Å². The first-order valence-electron chi connectivity index (χ1n) is 7.02. The summed E-state index contributed by atoms with van der Waals surface area (Å²) in [5, 5.41) is 14.2. The van der Waals surface area contributed by atoms with Gasteiger partial charge >= 0.3 is 0 Å². The Hall–Kier alpha value is -0.593. The standard InChI is InChI=1S/C13H27N3O3Si/c1-12(2,3)20(5,6)19-9-11-13(4,17)7-10(8-18-11)15-16-14/h10-11,17H,7-9H2,1-6H3/t10?,11-,13?/m1/s1. The third-order valence-electron chi connectivity index (χ3n) is 4.45. The van der Waals surface area contributed by atoms with E-state index in [0.717, 1.165) is 0 Å². The van der Waals surface area contributed by atoms with Crippen LogP contribution in [-0.4, -0.2) is 44.4 Å². The maximum atomic E-state index is 10.5. The molecule has 1 saturated heterocycles. The van der Waals surface area contributed by atoms with E-state index in [1.54, 1.807) is 6.92 Å².